The van der Waals surface area contributed by atoms with Crippen molar-refractivity contribution >= 4 is 17.3 Å². The van der Waals surface area contributed by atoms with Crippen LogP contribution in [0.5, 0.6) is 0 Å². The first-order valence-electron chi connectivity index (χ1n) is 7.05. The van der Waals surface area contributed by atoms with E-state index in [1.165, 1.54) is 11.6 Å². The van der Waals surface area contributed by atoms with Gasteiger partial charge in [0.05, 0.1) is 11.3 Å². The Kier molecular flexibility index (Phi) is 3.60. The number of nitrogens with zero attached hydrogens (tertiary/aromatic N) is 1. The molecule has 0 bridgehead atoms. The largest absolute Gasteiger partial charge is 0.478 e. The molecule has 0 saturated carbocycles. The van der Waals surface area contributed by atoms with Gasteiger partial charge < -0.3 is 10.0 Å². The number of carbonyl (C=O) groups is 1. The van der Waals surface area contributed by atoms with Crippen LogP contribution in [0.4, 0.5) is 15.8 Å². The first kappa shape index (κ1) is 13.6. The van der Waals surface area contributed by atoms with Crippen LogP contribution in [0.15, 0.2) is 42.5 Å². The molecule has 0 saturated heterocycles. The summed E-state index contributed by atoms with van der Waals surface area (Å²) in [5.41, 5.74) is 2.63. The van der Waals surface area contributed by atoms with E-state index in [-0.39, 0.29) is 5.56 Å². The molecule has 3 rings (SSSR count). The van der Waals surface area contributed by atoms with Crippen LogP contribution < -0.4 is 4.90 Å². The van der Waals surface area contributed by atoms with Gasteiger partial charge in [0.15, 0.2) is 0 Å². The molecule has 0 aliphatic carbocycles. The van der Waals surface area contributed by atoms with Gasteiger partial charge in [0.2, 0.25) is 0 Å². The number of anilines is 2. The topological polar surface area (TPSA) is 40.5 Å². The Labute approximate surface area is 122 Å². The number of hydrogen-bond acceptors (Lipinski definition) is 2. The highest BCUT2D eigenvalue weighted by molar-refractivity contribution is 5.88. The van der Waals surface area contributed by atoms with Crippen molar-refractivity contribution in [3.63, 3.8) is 0 Å². The van der Waals surface area contributed by atoms with E-state index in [0.717, 1.165) is 37.6 Å². The summed E-state index contributed by atoms with van der Waals surface area (Å²) in [5.74, 6) is -1.61. The third kappa shape index (κ3) is 2.61. The Hall–Kier alpha value is -2.36. The van der Waals surface area contributed by atoms with Crippen LogP contribution in [0.2, 0.25) is 0 Å². The van der Waals surface area contributed by atoms with Gasteiger partial charge in [0.1, 0.15) is 5.82 Å². The molecule has 0 aromatic heterocycles. The lowest BCUT2D eigenvalue weighted by atomic mass is 10.1. The molecule has 21 heavy (non-hydrogen) atoms. The van der Waals surface area contributed by atoms with Crippen LogP contribution in [0.1, 0.15) is 28.8 Å². The van der Waals surface area contributed by atoms with Gasteiger partial charge in [-0.05, 0) is 49.1 Å². The monoisotopic (exact) mass is 285 g/mol. The SMILES string of the molecule is O=C(O)c1ccc(N2CCCCc3ccccc32)c(F)c1. The minimum atomic E-state index is -1.11. The Morgan fingerprint density at radius 2 is 1.90 bits per heavy atom. The van der Waals surface area contributed by atoms with E-state index in [1.54, 1.807) is 6.07 Å². The summed E-state index contributed by atoms with van der Waals surface area (Å²) in [4.78, 5) is 12.9. The molecule has 1 aliphatic heterocycles. The minimum Gasteiger partial charge on any atom is -0.478 e. The van der Waals surface area contributed by atoms with Crippen molar-refractivity contribution in [1.29, 1.82) is 0 Å². The number of aromatic carboxylic acids is 1. The molecule has 4 heteroatoms. The van der Waals surface area contributed by atoms with Crippen molar-refractivity contribution in [3.05, 3.63) is 59.4 Å². The number of halogens is 1. The standard InChI is InChI=1S/C17H16FNO2/c18-14-11-13(17(20)21)8-9-16(14)19-10-4-3-6-12-5-1-2-7-15(12)19/h1-2,5,7-9,11H,3-4,6,10H2,(H,20,21). The molecule has 2 aromatic rings. The molecule has 1 aliphatic rings. The van der Waals surface area contributed by atoms with E-state index in [1.807, 2.05) is 23.1 Å². The molecule has 0 unspecified atom stereocenters. The number of aryl methyl sites for hydroxylation is 1. The van der Waals surface area contributed by atoms with Crippen molar-refractivity contribution in [2.24, 2.45) is 0 Å². The summed E-state index contributed by atoms with van der Waals surface area (Å²) in [5, 5.41) is 8.93. The summed E-state index contributed by atoms with van der Waals surface area (Å²) in [6.45, 7) is 0.736. The zero-order chi connectivity index (χ0) is 14.8. The highest BCUT2D eigenvalue weighted by Crippen LogP contribution is 2.34. The van der Waals surface area contributed by atoms with Crippen LogP contribution in [-0.2, 0) is 6.42 Å². The third-order valence-corrected chi connectivity index (χ3v) is 3.85. The summed E-state index contributed by atoms with van der Waals surface area (Å²) in [7, 11) is 0. The van der Waals surface area contributed by atoms with Crippen LogP contribution in [0, 0.1) is 5.82 Å². The van der Waals surface area contributed by atoms with Gasteiger partial charge in [-0.15, -0.1) is 0 Å². The highest BCUT2D eigenvalue weighted by atomic mass is 19.1. The molecule has 2 aromatic carbocycles. The Bertz CT molecular complexity index is 684. The second-order valence-electron chi connectivity index (χ2n) is 5.21. The Morgan fingerprint density at radius 1 is 1.10 bits per heavy atom. The fourth-order valence-corrected chi connectivity index (χ4v) is 2.80. The number of carboxylic acids is 1. The number of hydrogen-bond donors (Lipinski definition) is 1. The van der Waals surface area contributed by atoms with Gasteiger partial charge >= 0.3 is 5.97 Å². The summed E-state index contributed by atoms with van der Waals surface area (Å²) in [6.07, 6.45) is 3.04. The normalized spacial score (nSPS) is 14.4. The predicted octanol–water partition coefficient (Wildman–Crippen LogP) is 4.00. The number of rotatable bonds is 2. The molecule has 0 atom stereocenters. The predicted molar refractivity (Wildman–Crippen MR) is 79.7 cm³/mol. The van der Waals surface area contributed by atoms with E-state index in [4.69, 9.17) is 5.11 Å². The lowest BCUT2D eigenvalue weighted by molar-refractivity contribution is 0.0696. The first-order valence-corrected chi connectivity index (χ1v) is 7.05. The van der Waals surface area contributed by atoms with Crippen LogP contribution in [0.25, 0.3) is 0 Å². The van der Waals surface area contributed by atoms with Crippen molar-refractivity contribution in [2.75, 3.05) is 11.4 Å². The smallest absolute Gasteiger partial charge is 0.335 e. The average Bonchev–Trinajstić information content (AvgIpc) is 2.69. The van der Waals surface area contributed by atoms with E-state index in [9.17, 15) is 9.18 Å². The zero-order valence-electron chi connectivity index (χ0n) is 11.6. The number of para-hydroxylation sites is 1. The van der Waals surface area contributed by atoms with E-state index >= 15 is 0 Å². The van der Waals surface area contributed by atoms with Gasteiger partial charge in [-0.2, -0.15) is 0 Å². The van der Waals surface area contributed by atoms with Crippen molar-refractivity contribution in [2.45, 2.75) is 19.3 Å². The zero-order valence-corrected chi connectivity index (χ0v) is 11.6. The van der Waals surface area contributed by atoms with E-state index in [0.29, 0.717) is 5.69 Å². The minimum absolute atomic E-state index is 0.0284. The quantitative estimate of drug-likeness (QED) is 0.906. The molecule has 3 nitrogen and oxygen atoms in total. The number of fused-ring (bicyclic) bond motifs is 1. The van der Waals surface area contributed by atoms with Crippen LogP contribution in [-0.4, -0.2) is 17.6 Å². The Balaban J connectivity index is 2.06. The molecule has 0 fully saturated rings. The molecular weight excluding hydrogens is 269 g/mol. The molecule has 1 N–H and O–H groups in total. The lowest BCUT2D eigenvalue weighted by Gasteiger charge is -2.25. The first-order chi connectivity index (χ1) is 10.2. The van der Waals surface area contributed by atoms with E-state index < -0.39 is 11.8 Å². The van der Waals surface area contributed by atoms with Gasteiger partial charge in [-0.3, -0.25) is 0 Å². The van der Waals surface area contributed by atoms with Crippen LogP contribution >= 0.6 is 0 Å². The molecule has 0 radical (unpaired) electrons. The fourth-order valence-electron chi connectivity index (χ4n) is 2.80. The van der Waals surface area contributed by atoms with Gasteiger partial charge in [-0.25, -0.2) is 9.18 Å². The number of benzene rings is 2. The maximum absolute atomic E-state index is 14.3. The summed E-state index contributed by atoms with van der Waals surface area (Å²) < 4.78 is 14.3. The van der Waals surface area contributed by atoms with Crippen LogP contribution in [0.3, 0.4) is 0 Å². The second kappa shape index (κ2) is 5.56. The van der Waals surface area contributed by atoms with Gasteiger partial charge in [0, 0.05) is 12.2 Å². The maximum Gasteiger partial charge on any atom is 0.335 e. The summed E-state index contributed by atoms with van der Waals surface area (Å²) in [6, 6.07) is 12.1. The highest BCUT2D eigenvalue weighted by Gasteiger charge is 2.20. The van der Waals surface area contributed by atoms with Crippen molar-refractivity contribution in [1.82, 2.24) is 0 Å². The average molecular weight is 285 g/mol. The Morgan fingerprint density at radius 3 is 2.67 bits per heavy atom. The van der Waals surface area contributed by atoms with Gasteiger partial charge in [0.25, 0.3) is 0 Å². The molecular formula is C17H16FNO2. The van der Waals surface area contributed by atoms with Crippen molar-refractivity contribution < 1.29 is 14.3 Å². The maximum atomic E-state index is 14.3. The summed E-state index contributed by atoms with van der Waals surface area (Å²) >= 11 is 0. The number of carboxylic acid groups (broad SMARTS) is 1. The lowest BCUT2D eigenvalue weighted by Crippen LogP contribution is -2.19. The third-order valence-electron chi connectivity index (χ3n) is 3.85. The fraction of sp³-hybridized carbons (Fsp3) is 0.235. The molecule has 0 spiro atoms. The molecule has 1 heterocycles. The van der Waals surface area contributed by atoms with Gasteiger partial charge in [-0.1, -0.05) is 18.2 Å². The molecule has 108 valence electrons. The molecule has 0 amide bonds. The van der Waals surface area contributed by atoms with E-state index in [2.05, 4.69) is 6.07 Å². The van der Waals surface area contributed by atoms with Crippen molar-refractivity contribution in [3.8, 4) is 0 Å². The second-order valence-corrected chi connectivity index (χ2v) is 5.21.